The topological polar surface area (TPSA) is 53.5 Å². The molecule has 1 fully saturated rings. The van der Waals surface area contributed by atoms with Gasteiger partial charge in [-0.2, -0.15) is 0 Å². The Kier molecular flexibility index (Phi) is 9.05. The van der Waals surface area contributed by atoms with Crippen molar-refractivity contribution in [1.82, 2.24) is 9.97 Å². The van der Waals surface area contributed by atoms with Gasteiger partial charge in [0.2, 0.25) is 0 Å². The van der Waals surface area contributed by atoms with Crippen LogP contribution in [0.4, 0.5) is 0 Å². The summed E-state index contributed by atoms with van der Waals surface area (Å²) in [6, 6.07) is 8.10. The first kappa shape index (κ1) is 23.9. The zero-order chi connectivity index (χ0) is 22.1. The number of ether oxygens (including phenoxy) is 2. The van der Waals surface area contributed by atoms with Gasteiger partial charge in [-0.1, -0.05) is 25.0 Å². The van der Waals surface area contributed by atoms with E-state index in [0.717, 1.165) is 61.4 Å². The van der Waals surface area contributed by atoms with Crippen molar-refractivity contribution in [3.8, 4) is 16.9 Å². The molecule has 170 valence electrons. The van der Waals surface area contributed by atoms with Gasteiger partial charge in [0.1, 0.15) is 11.6 Å². The van der Waals surface area contributed by atoms with Gasteiger partial charge in [0.25, 0.3) is 0 Å². The minimum Gasteiger partial charge on any atom is -0.465 e. The van der Waals surface area contributed by atoms with E-state index in [1.165, 1.54) is 19.3 Å². The number of rotatable bonds is 11. The highest BCUT2D eigenvalue weighted by atomic mass is 28.4. The molecule has 0 saturated carbocycles. The predicted octanol–water partition coefficient (Wildman–Crippen LogP) is 6.39. The first-order valence-electron chi connectivity index (χ1n) is 11.8. The summed E-state index contributed by atoms with van der Waals surface area (Å²) in [6.45, 7) is 9.73. The van der Waals surface area contributed by atoms with E-state index in [2.05, 4.69) is 48.7 Å². The molecule has 1 aromatic heterocycles. The van der Waals surface area contributed by atoms with Crippen LogP contribution in [0.2, 0.25) is 19.6 Å². The van der Waals surface area contributed by atoms with E-state index in [4.69, 9.17) is 13.9 Å². The van der Waals surface area contributed by atoms with Crippen LogP contribution in [0.15, 0.2) is 36.7 Å². The molecular weight excluding hydrogens is 404 g/mol. The predicted molar refractivity (Wildman–Crippen MR) is 128 cm³/mol. The maximum absolute atomic E-state index is 6.10. The smallest absolute Gasteiger partial charge is 0.199 e. The lowest BCUT2D eigenvalue weighted by atomic mass is 10.1. The molecule has 5 nitrogen and oxygen atoms in total. The van der Waals surface area contributed by atoms with Crippen LogP contribution < -0.4 is 4.74 Å². The van der Waals surface area contributed by atoms with Crippen LogP contribution in [-0.2, 0) is 15.6 Å². The molecule has 0 aliphatic carbocycles. The molecule has 2 heterocycles. The van der Waals surface area contributed by atoms with Crippen molar-refractivity contribution in [1.29, 1.82) is 0 Å². The van der Waals surface area contributed by atoms with Crippen LogP contribution >= 0.6 is 0 Å². The van der Waals surface area contributed by atoms with Gasteiger partial charge in [-0.25, -0.2) is 9.97 Å². The van der Waals surface area contributed by atoms with Crippen molar-refractivity contribution in [2.75, 3.05) is 6.61 Å². The van der Waals surface area contributed by atoms with Crippen LogP contribution in [0.25, 0.3) is 11.1 Å². The summed E-state index contributed by atoms with van der Waals surface area (Å²) in [5, 5.41) is 0. The van der Waals surface area contributed by atoms with Gasteiger partial charge in [0.15, 0.2) is 14.6 Å². The summed E-state index contributed by atoms with van der Waals surface area (Å²) in [5.41, 5.74) is 2.13. The molecule has 1 saturated heterocycles. The largest absolute Gasteiger partial charge is 0.465 e. The third-order valence-electron chi connectivity index (χ3n) is 5.36. The quantitative estimate of drug-likeness (QED) is 0.298. The Bertz CT molecular complexity index is 769. The van der Waals surface area contributed by atoms with Crippen LogP contribution in [0, 0.1) is 0 Å². The lowest BCUT2D eigenvalue weighted by Gasteiger charge is -2.23. The summed E-state index contributed by atoms with van der Waals surface area (Å²) in [6.07, 6.45) is 12.9. The fourth-order valence-corrected chi connectivity index (χ4v) is 5.19. The Morgan fingerprint density at radius 3 is 2.39 bits per heavy atom. The molecule has 2 unspecified atom stereocenters. The molecule has 3 rings (SSSR count). The van der Waals surface area contributed by atoms with Crippen LogP contribution in [0.5, 0.6) is 5.75 Å². The van der Waals surface area contributed by atoms with E-state index in [9.17, 15) is 0 Å². The van der Waals surface area contributed by atoms with Crippen LogP contribution in [0.1, 0.15) is 57.7 Å². The lowest BCUT2D eigenvalue weighted by Crippen LogP contribution is -2.30. The SMILES string of the molecule is CC(CCCCCc1ncc(-c2ccc(OC3CCCCO3)cc2)cn1)O[Si](C)(C)C. The average molecular weight is 443 g/mol. The lowest BCUT2D eigenvalue weighted by molar-refractivity contribution is -0.105. The second-order valence-electron chi connectivity index (χ2n) is 9.47. The van der Waals surface area contributed by atoms with Gasteiger partial charge in [0, 0.05) is 36.9 Å². The molecule has 6 heteroatoms. The summed E-state index contributed by atoms with van der Waals surface area (Å²) in [4.78, 5) is 9.14. The van der Waals surface area contributed by atoms with Crippen LogP contribution in [0.3, 0.4) is 0 Å². The van der Waals surface area contributed by atoms with Crippen molar-refractivity contribution >= 4 is 8.32 Å². The second-order valence-corrected chi connectivity index (χ2v) is 13.9. The number of benzene rings is 1. The van der Waals surface area contributed by atoms with Gasteiger partial charge < -0.3 is 13.9 Å². The fraction of sp³-hybridized carbons (Fsp3) is 0.600. The number of nitrogens with zero attached hydrogens (tertiary/aromatic N) is 2. The number of hydrogen-bond acceptors (Lipinski definition) is 5. The Hall–Kier alpha value is -1.76. The fourth-order valence-electron chi connectivity index (χ4n) is 3.87. The van der Waals surface area contributed by atoms with Crippen molar-refractivity contribution in [2.24, 2.45) is 0 Å². The summed E-state index contributed by atoms with van der Waals surface area (Å²) >= 11 is 0. The van der Waals surface area contributed by atoms with E-state index in [1.807, 2.05) is 24.5 Å². The number of aromatic nitrogens is 2. The van der Waals surface area contributed by atoms with Crippen molar-refractivity contribution in [3.63, 3.8) is 0 Å². The molecule has 0 spiro atoms. The maximum atomic E-state index is 6.10. The second kappa shape index (κ2) is 11.7. The Labute approximate surface area is 188 Å². The van der Waals surface area contributed by atoms with Crippen LogP contribution in [-0.4, -0.2) is 37.3 Å². The standard InChI is InChI=1S/C25H38N2O3Si/c1-20(30-31(2,3)4)10-6-5-7-11-24-26-18-22(19-27-24)21-13-15-23(16-14-21)29-25-12-8-9-17-28-25/h13-16,18-20,25H,5-12,17H2,1-4H3. The summed E-state index contributed by atoms with van der Waals surface area (Å²) in [7, 11) is -1.42. The number of hydrogen-bond donors (Lipinski definition) is 0. The highest BCUT2D eigenvalue weighted by molar-refractivity contribution is 6.69. The Balaban J connectivity index is 1.39. The van der Waals surface area contributed by atoms with Gasteiger partial charge in [-0.05, 0) is 69.9 Å². The summed E-state index contributed by atoms with van der Waals surface area (Å²) in [5.74, 6) is 1.77. The monoisotopic (exact) mass is 442 g/mol. The highest BCUT2D eigenvalue weighted by Crippen LogP contribution is 2.24. The third-order valence-corrected chi connectivity index (χ3v) is 6.47. The summed E-state index contributed by atoms with van der Waals surface area (Å²) < 4.78 is 17.7. The first-order valence-corrected chi connectivity index (χ1v) is 15.2. The normalized spacial score (nSPS) is 18.0. The van der Waals surface area contributed by atoms with Gasteiger partial charge in [-0.3, -0.25) is 0 Å². The minimum atomic E-state index is -1.42. The average Bonchev–Trinajstić information content (AvgIpc) is 2.74. The Morgan fingerprint density at radius 2 is 1.74 bits per heavy atom. The zero-order valence-electron chi connectivity index (χ0n) is 19.6. The first-order chi connectivity index (χ1) is 14.9. The number of unbranched alkanes of at least 4 members (excludes halogenated alkanes) is 2. The molecule has 1 aliphatic heterocycles. The molecule has 1 aliphatic rings. The molecule has 2 aromatic rings. The van der Waals surface area contributed by atoms with Crippen molar-refractivity contribution in [2.45, 2.75) is 90.3 Å². The molecule has 0 amide bonds. The van der Waals surface area contributed by atoms with Crippen molar-refractivity contribution < 1.29 is 13.9 Å². The van der Waals surface area contributed by atoms with E-state index >= 15 is 0 Å². The zero-order valence-corrected chi connectivity index (χ0v) is 20.6. The molecule has 0 bridgehead atoms. The van der Waals surface area contributed by atoms with E-state index < -0.39 is 8.32 Å². The molecular formula is C25H38N2O3Si. The molecule has 2 atom stereocenters. The van der Waals surface area contributed by atoms with E-state index in [1.54, 1.807) is 0 Å². The molecule has 0 N–H and O–H groups in total. The van der Waals surface area contributed by atoms with E-state index in [-0.39, 0.29) is 6.29 Å². The molecule has 0 radical (unpaired) electrons. The van der Waals surface area contributed by atoms with Crippen molar-refractivity contribution in [3.05, 3.63) is 42.5 Å². The van der Waals surface area contributed by atoms with Gasteiger partial charge in [-0.15, -0.1) is 0 Å². The third kappa shape index (κ3) is 8.71. The Morgan fingerprint density at radius 1 is 1.00 bits per heavy atom. The molecule has 31 heavy (non-hydrogen) atoms. The highest BCUT2D eigenvalue weighted by Gasteiger charge is 2.18. The van der Waals surface area contributed by atoms with E-state index in [0.29, 0.717) is 6.10 Å². The minimum absolute atomic E-state index is 0.113. The molecule has 1 aromatic carbocycles. The number of aryl methyl sites for hydroxylation is 1. The van der Waals surface area contributed by atoms with Gasteiger partial charge >= 0.3 is 0 Å². The maximum Gasteiger partial charge on any atom is 0.199 e. The van der Waals surface area contributed by atoms with Gasteiger partial charge in [0.05, 0.1) is 6.61 Å².